The number of nitrogens with zero attached hydrogens (tertiary/aromatic N) is 1. The lowest BCUT2D eigenvalue weighted by Crippen LogP contribution is -2.00. The number of unbranched alkanes of at least 4 members (excludes halogenated alkanes) is 1. The van der Waals surface area contributed by atoms with Crippen LogP contribution in [-0.4, -0.2) is 10.9 Å². The third-order valence-electron chi connectivity index (χ3n) is 2.27. The highest BCUT2D eigenvalue weighted by Crippen LogP contribution is 2.08. The molecule has 1 aromatic rings. The smallest absolute Gasteiger partial charge is 0.166 e. The van der Waals surface area contributed by atoms with Crippen molar-refractivity contribution < 1.29 is 4.79 Å². The standard InChI is InChI=1S/C11H17NO/c1-3-5-6-12-8-10(4-2)7-11(12)9-13/h7-9H,3-6H2,1-2H3. The molecule has 0 spiro atoms. The number of aldehydes is 1. The Bertz CT molecular complexity index is 276. The van der Waals surface area contributed by atoms with Gasteiger partial charge < -0.3 is 4.57 Å². The molecule has 72 valence electrons. The van der Waals surface area contributed by atoms with E-state index in [1.54, 1.807) is 0 Å². The van der Waals surface area contributed by atoms with E-state index in [0.29, 0.717) is 0 Å². The molecule has 0 N–H and O–H groups in total. The van der Waals surface area contributed by atoms with Crippen molar-refractivity contribution in [3.05, 3.63) is 23.5 Å². The first kappa shape index (κ1) is 10.0. The summed E-state index contributed by atoms with van der Waals surface area (Å²) in [7, 11) is 0. The van der Waals surface area contributed by atoms with Gasteiger partial charge in [-0.05, 0) is 24.5 Å². The molecule has 0 radical (unpaired) electrons. The first-order valence-corrected chi connectivity index (χ1v) is 4.96. The summed E-state index contributed by atoms with van der Waals surface area (Å²) in [5.74, 6) is 0. The van der Waals surface area contributed by atoms with Gasteiger partial charge in [-0.15, -0.1) is 0 Å². The lowest BCUT2D eigenvalue weighted by Gasteiger charge is -2.02. The highest BCUT2D eigenvalue weighted by atomic mass is 16.1. The fourth-order valence-corrected chi connectivity index (χ4v) is 1.40. The number of hydrogen-bond acceptors (Lipinski definition) is 1. The Labute approximate surface area is 79.6 Å². The lowest BCUT2D eigenvalue weighted by molar-refractivity contribution is 0.111. The van der Waals surface area contributed by atoms with Crippen molar-refractivity contribution >= 4 is 6.29 Å². The van der Waals surface area contributed by atoms with Crippen LogP contribution in [0.2, 0.25) is 0 Å². The summed E-state index contributed by atoms with van der Waals surface area (Å²) in [6.07, 6.45) is 6.32. The maximum atomic E-state index is 10.7. The average molecular weight is 179 g/mol. The molecule has 0 saturated carbocycles. The minimum absolute atomic E-state index is 0.810. The van der Waals surface area contributed by atoms with Gasteiger partial charge in [-0.25, -0.2) is 0 Å². The summed E-state index contributed by atoms with van der Waals surface area (Å²) in [6.45, 7) is 5.23. The Morgan fingerprint density at radius 1 is 1.46 bits per heavy atom. The minimum Gasteiger partial charge on any atom is -0.345 e. The molecule has 0 aromatic carbocycles. The van der Waals surface area contributed by atoms with Crippen molar-refractivity contribution in [3.8, 4) is 0 Å². The monoisotopic (exact) mass is 179 g/mol. The summed E-state index contributed by atoms with van der Waals surface area (Å²) in [5.41, 5.74) is 2.06. The maximum Gasteiger partial charge on any atom is 0.166 e. The molecule has 1 heterocycles. The van der Waals surface area contributed by atoms with Crippen LogP contribution in [0.1, 0.15) is 42.7 Å². The van der Waals surface area contributed by atoms with E-state index >= 15 is 0 Å². The van der Waals surface area contributed by atoms with E-state index in [1.165, 1.54) is 5.56 Å². The van der Waals surface area contributed by atoms with Gasteiger partial charge in [0, 0.05) is 12.7 Å². The first-order valence-electron chi connectivity index (χ1n) is 4.96. The number of carbonyl (C=O) groups is 1. The lowest BCUT2D eigenvalue weighted by atomic mass is 10.2. The molecular weight excluding hydrogens is 162 g/mol. The zero-order valence-electron chi connectivity index (χ0n) is 8.42. The Hall–Kier alpha value is -1.05. The molecule has 0 amide bonds. The van der Waals surface area contributed by atoms with E-state index in [1.807, 2.05) is 6.07 Å². The van der Waals surface area contributed by atoms with Crippen molar-refractivity contribution in [2.24, 2.45) is 0 Å². The van der Waals surface area contributed by atoms with Crippen LogP contribution in [-0.2, 0) is 13.0 Å². The van der Waals surface area contributed by atoms with Gasteiger partial charge >= 0.3 is 0 Å². The van der Waals surface area contributed by atoms with Crippen molar-refractivity contribution in [1.82, 2.24) is 4.57 Å². The predicted molar refractivity (Wildman–Crippen MR) is 54.1 cm³/mol. The topological polar surface area (TPSA) is 22.0 Å². The van der Waals surface area contributed by atoms with Crippen LogP contribution >= 0.6 is 0 Å². The average Bonchev–Trinajstić information content (AvgIpc) is 2.57. The molecule has 0 atom stereocenters. The second-order valence-electron chi connectivity index (χ2n) is 3.29. The van der Waals surface area contributed by atoms with Gasteiger partial charge in [-0.2, -0.15) is 0 Å². The molecule has 0 unspecified atom stereocenters. The Morgan fingerprint density at radius 3 is 2.77 bits per heavy atom. The molecule has 0 aliphatic rings. The summed E-state index contributed by atoms with van der Waals surface area (Å²) in [5, 5.41) is 0. The van der Waals surface area contributed by atoms with Crippen LogP contribution < -0.4 is 0 Å². The molecule has 2 heteroatoms. The summed E-state index contributed by atoms with van der Waals surface area (Å²) in [6, 6.07) is 1.97. The van der Waals surface area contributed by atoms with E-state index < -0.39 is 0 Å². The molecule has 0 aliphatic carbocycles. The molecule has 0 saturated heterocycles. The van der Waals surface area contributed by atoms with Crippen LogP contribution in [0.4, 0.5) is 0 Å². The van der Waals surface area contributed by atoms with Crippen molar-refractivity contribution in [1.29, 1.82) is 0 Å². The fraction of sp³-hybridized carbons (Fsp3) is 0.545. The molecule has 0 fully saturated rings. The normalized spacial score (nSPS) is 10.3. The van der Waals surface area contributed by atoms with Crippen molar-refractivity contribution in [2.45, 2.75) is 39.7 Å². The molecule has 1 aromatic heterocycles. The highest BCUT2D eigenvalue weighted by Gasteiger charge is 2.02. The van der Waals surface area contributed by atoms with E-state index in [0.717, 1.165) is 37.8 Å². The molecular formula is C11H17NO. The van der Waals surface area contributed by atoms with Gasteiger partial charge in [-0.1, -0.05) is 20.3 Å². The summed E-state index contributed by atoms with van der Waals surface area (Å²) >= 11 is 0. The number of rotatable bonds is 5. The summed E-state index contributed by atoms with van der Waals surface area (Å²) < 4.78 is 2.05. The molecule has 13 heavy (non-hydrogen) atoms. The van der Waals surface area contributed by atoms with Crippen molar-refractivity contribution in [3.63, 3.8) is 0 Å². The second kappa shape index (κ2) is 4.85. The van der Waals surface area contributed by atoms with Gasteiger partial charge in [0.05, 0.1) is 5.69 Å². The van der Waals surface area contributed by atoms with Crippen LogP contribution in [0.5, 0.6) is 0 Å². The van der Waals surface area contributed by atoms with E-state index in [9.17, 15) is 4.79 Å². The molecule has 2 nitrogen and oxygen atoms in total. The van der Waals surface area contributed by atoms with Gasteiger partial charge in [0.1, 0.15) is 0 Å². The second-order valence-corrected chi connectivity index (χ2v) is 3.29. The third kappa shape index (κ3) is 2.44. The first-order chi connectivity index (χ1) is 6.31. The van der Waals surface area contributed by atoms with Crippen LogP contribution in [0.3, 0.4) is 0 Å². The van der Waals surface area contributed by atoms with Crippen LogP contribution in [0, 0.1) is 0 Å². The zero-order chi connectivity index (χ0) is 9.68. The van der Waals surface area contributed by atoms with Crippen LogP contribution in [0.25, 0.3) is 0 Å². The maximum absolute atomic E-state index is 10.7. The van der Waals surface area contributed by atoms with Gasteiger partial charge in [0.15, 0.2) is 6.29 Å². The predicted octanol–water partition coefficient (Wildman–Crippen LogP) is 2.66. The highest BCUT2D eigenvalue weighted by molar-refractivity contribution is 5.72. The number of aromatic nitrogens is 1. The molecule has 0 bridgehead atoms. The van der Waals surface area contributed by atoms with Crippen LogP contribution in [0.15, 0.2) is 12.3 Å². The van der Waals surface area contributed by atoms with Gasteiger partial charge in [0.2, 0.25) is 0 Å². The largest absolute Gasteiger partial charge is 0.345 e. The summed E-state index contributed by atoms with van der Waals surface area (Å²) in [4.78, 5) is 10.7. The van der Waals surface area contributed by atoms with E-state index in [-0.39, 0.29) is 0 Å². The number of aryl methyl sites for hydroxylation is 2. The SMILES string of the molecule is CCCCn1cc(CC)cc1C=O. The zero-order valence-corrected chi connectivity index (χ0v) is 8.42. The molecule has 0 aliphatic heterocycles. The fourth-order valence-electron chi connectivity index (χ4n) is 1.40. The Kier molecular flexibility index (Phi) is 3.74. The quantitative estimate of drug-likeness (QED) is 0.637. The van der Waals surface area contributed by atoms with Crippen molar-refractivity contribution in [2.75, 3.05) is 0 Å². The molecule has 1 rings (SSSR count). The third-order valence-corrected chi connectivity index (χ3v) is 2.27. The van der Waals surface area contributed by atoms with Gasteiger partial charge in [0.25, 0.3) is 0 Å². The number of hydrogen-bond donors (Lipinski definition) is 0. The number of carbonyl (C=O) groups excluding carboxylic acids is 1. The minimum atomic E-state index is 0.810. The van der Waals surface area contributed by atoms with E-state index in [2.05, 4.69) is 24.6 Å². The van der Waals surface area contributed by atoms with Gasteiger partial charge in [-0.3, -0.25) is 4.79 Å². The van der Waals surface area contributed by atoms with E-state index in [4.69, 9.17) is 0 Å². The Balaban J connectivity index is 2.77. The Morgan fingerprint density at radius 2 is 2.23 bits per heavy atom.